The van der Waals surface area contributed by atoms with Crippen molar-refractivity contribution in [2.75, 3.05) is 26.6 Å². The number of nitrogen functional groups attached to an aromatic ring is 1. The van der Waals surface area contributed by atoms with Gasteiger partial charge in [-0.15, -0.1) is 0 Å². The van der Waals surface area contributed by atoms with Gasteiger partial charge in [-0.3, -0.25) is 0 Å². The molecule has 4 heteroatoms. The number of ether oxygens (including phenoxy) is 3. The second-order valence-electron chi connectivity index (χ2n) is 4.35. The van der Waals surface area contributed by atoms with Gasteiger partial charge in [0.15, 0.2) is 11.5 Å². The summed E-state index contributed by atoms with van der Waals surface area (Å²) < 4.78 is 16.5. The van der Waals surface area contributed by atoms with Crippen LogP contribution in [-0.2, 0) is 4.74 Å². The summed E-state index contributed by atoms with van der Waals surface area (Å²) >= 11 is 0. The monoisotopic (exact) mass is 273 g/mol. The lowest BCUT2D eigenvalue weighted by atomic mass is 10.1. The highest BCUT2D eigenvalue weighted by molar-refractivity contribution is 5.41. The van der Waals surface area contributed by atoms with Gasteiger partial charge in [0.05, 0.1) is 7.11 Å². The second-order valence-corrected chi connectivity index (χ2v) is 4.35. The smallest absolute Gasteiger partial charge is 0.161 e. The van der Waals surface area contributed by atoms with Gasteiger partial charge in [-0.1, -0.05) is 24.3 Å². The quantitative estimate of drug-likeness (QED) is 0.822. The zero-order valence-electron chi connectivity index (χ0n) is 11.7. The average Bonchev–Trinajstić information content (AvgIpc) is 2.50. The molecule has 0 saturated heterocycles. The van der Waals surface area contributed by atoms with Crippen molar-refractivity contribution in [1.82, 2.24) is 0 Å². The third kappa shape index (κ3) is 3.42. The summed E-state index contributed by atoms with van der Waals surface area (Å²) in [5.41, 5.74) is 7.44. The predicted molar refractivity (Wildman–Crippen MR) is 79.1 cm³/mol. The highest BCUT2D eigenvalue weighted by atomic mass is 16.5. The molecule has 0 heterocycles. The Balaban J connectivity index is 2.05. The van der Waals surface area contributed by atoms with E-state index in [1.165, 1.54) is 0 Å². The molecule has 1 unspecified atom stereocenters. The van der Waals surface area contributed by atoms with E-state index in [0.717, 1.165) is 11.3 Å². The fourth-order valence-electron chi connectivity index (χ4n) is 1.91. The van der Waals surface area contributed by atoms with Gasteiger partial charge in [0.1, 0.15) is 12.7 Å². The molecule has 2 rings (SSSR count). The largest absolute Gasteiger partial charge is 0.493 e. The number of anilines is 1. The molecule has 0 aliphatic heterocycles. The van der Waals surface area contributed by atoms with E-state index in [2.05, 4.69) is 0 Å². The topological polar surface area (TPSA) is 53.7 Å². The normalized spacial score (nSPS) is 11.9. The van der Waals surface area contributed by atoms with Crippen LogP contribution in [0.15, 0.2) is 48.5 Å². The molecular formula is C16H19NO3. The van der Waals surface area contributed by atoms with Gasteiger partial charge in [-0.2, -0.15) is 0 Å². The third-order valence-electron chi connectivity index (χ3n) is 3.05. The number of methoxy groups -OCH3 is 2. The minimum Gasteiger partial charge on any atom is -0.493 e. The van der Waals surface area contributed by atoms with E-state index < -0.39 is 0 Å². The molecule has 2 aromatic rings. The summed E-state index contributed by atoms with van der Waals surface area (Å²) in [6.45, 7) is 0.404. The summed E-state index contributed by atoms with van der Waals surface area (Å²) in [5, 5.41) is 0. The number of para-hydroxylation sites is 2. The molecule has 2 N–H and O–H groups in total. The number of rotatable bonds is 6. The van der Waals surface area contributed by atoms with Crippen LogP contribution < -0.4 is 15.2 Å². The first-order valence-electron chi connectivity index (χ1n) is 6.38. The molecule has 2 aromatic carbocycles. The number of hydrogen-bond acceptors (Lipinski definition) is 4. The van der Waals surface area contributed by atoms with Gasteiger partial charge >= 0.3 is 0 Å². The minimum absolute atomic E-state index is 0.152. The van der Waals surface area contributed by atoms with Crippen LogP contribution in [0.4, 0.5) is 5.69 Å². The first-order valence-corrected chi connectivity index (χ1v) is 6.38. The average molecular weight is 273 g/mol. The Morgan fingerprint density at radius 2 is 1.60 bits per heavy atom. The lowest BCUT2D eigenvalue weighted by molar-refractivity contribution is 0.0566. The highest BCUT2D eigenvalue weighted by Crippen LogP contribution is 2.27. The third-order valence-corrected chi connectivity index (χ3v) is 3.05. The Labute approximate surface area is 119 Å². The van der Waals surface area contributed by atoms with Crippen molar-refractivity contribution in [1.29, 1.82) is 0 Å². The van der Waals surface area contributed by atoms with Crippen LogP contribution in [0.2, 0.25) is 0 Å². The summed E-state index contributed by atoms with van der Waals surface area (Å²) in [6.07, 6.45) is -0.152. The molecule has 20 heavy (non-hydrogen) atoms. The Morgan fingerprint density at radius 3 is 2.20 bits per heavy atom. The molecule has 0 aromatic heterocycles. The Bertz CT molecular complexity index is 540. The molecule has 0 bridgehead atoms. The van der Waals surface area contributed by atoms with Gasteiger partial charge in [-0.25, -0.2) is 0 Å². The number of benzene rings is 2. The van der Waals surface area contributed by atoms with Gasteiger partial charge < -0.3 is 19.9 Å². The molecule has 0 radical (unpaired) electrons. The van der Waals surface area contributed by atoms with Crippen molar-refractivity contribution >= 4 is 5.69 Å². The molecular weight excluding hydrogens is 254 g/mol. The number of nitrogens with two attached hydrogens (primary N) is 1. The second kappa shape index (κ2) is 6.82. The van der Waals surface area contributed by atoms with Crippen molar-refractivity contribution in [2.24, 2.45) is 0 Å². The Hall–Kier alpha value is -2.20. The van der Waals surface area contributed by atoms with Crippen molar-refractivity contribution in [2.45, 2.75) is 6.10 Å². The first kappa shape index (κ1) is 14.2. The maximum Gasteiger partial charge on any atom is 0.161 e. The molecule has 0 aliphatic carbocycles. The van der Waals surface area contributed by atoms with Gasteiger partial charge in [-0.05, 0) is 29.8 Å². The molecule has 0 spiro atoms. The molecule has 0 saturated carbocycles. The molecule has 0 amide bonds. The minimum atomic E-state index is -0.152. The van der Waals surface area contributed by atoms with E-state index in [9.17, 15) is 0 Å². The molecule has 0 fully saturated rings. The van der Waals surface area contributed by atoms with Crippen LogP contribution in [0.3, 0.4) is 0 Å². The van der Waals surface area contributed by atoms with Gasteiger partial charge in [0, 0.05) is 12.8 Å². The van der Waals surface area contributed by atoms with Crippen molar-refractivity contribution in [3.63, 3.8) is 0 Å². The van der Waals surface area contributed by atoms with Crippen molar-refractivity contribution < 1.29 is 14.2 Å². The summed E-state index contributed by atoms with van der Waals surface area (Å²) in [4.78, 5) is 0. The van der Waals surface area contributed by atoms with Gasteiger partial charge in [0.25, 0.3) is 0 Å². The van der Waals surface area contributed by atoms with E-state index in [1.807, 2.05) is 48.5 Å². The van der Waals surface area contributed by atoms with Crippen LogP contribution in [0.1, 0.15) is 11.7 Å². The van der Waals surface area contributed by atoms with Crippen LogP contribution in [-0.4, -0.2) is 20.8 Å². The molecule has 1 atom stereocenters. The predicted octanol–water partition coefficient (Wildman–Crippen LogP) is 3.04. The van der Waals surface area contributed by atoms with Crippen LogP contribution >= 0.6 is 0 Å². The maximum absolute atomic E-state index is 5.78. The molecule has 4 nitrogen and oxygen atoms in total. The van der Waals surface area contributed by atoms with E-state index in [4.69, 9.17) is 19.9 Å². The van der Waals surface area contributed by atoms with Gasteiger partial charge in [0.2, 0.25) is 0 Å². The zero-order chi connectivity index (χ0) is 14.4. The highest BCUT2D eigenvalue weighted by Gasteiger charge is 2.12. The van der Waals surface area contributed by atoms with E-state index in [1.54, 1.807) is 14.2 Å². The van der Waals surface area contributed by atoms with Crippen LogP contribution in [0.5, 0.6) is 11.5 Å². The number of hydrogen-bond donors (Lipinski definition) is 1. The van der Waals surface area contributed by atoms with E-state index >= 15 is 0 Å². The van der Waals surface area contributed by atoms with E-state index in [0.29, 0.717) is 18.1 Å². The fourth-order valence-corrected chi connectivity index (χ4v) is 1.91. The summed E-state index contributed by atoms with van der Waals surface area (Å²) in [5.74, 6) is 1.41. The van der Waals surface area contributed by atoms with Crippen LogP contribution in [0.25, 0.3) is 0 Å². The summed E-state index contributed by atoms with van der Waals surface area (Å²) in [6, 6.07) is 15.1. The molecule has 0 aliphatic rings. The first-order chi connectivity index (χ1) is 9.74. The SMILES string of the molecule is COc1ccccc1OCC(OC)c1ccc(N)cc1. The Morgan fingerprint density at radius 1 is 0.950 bits per heavy atom. The lowest BCUT2D eigenvalue weighted by Gasteiger charge is -2.18. The summed E-state index contributed by atoms with van der Waals surface area (Å²) in [7, 11) is 3.28. The Kier molecular flexibility index (Phi) is 4.85. The van der Waals surface area contributed by atoms with Crippen molar-refractivity contribution in [3.05, 3.63) is 54.1 Å². The fraction of sp³-hybridized carbons (Fsp3) is 0.250. The molecule has 106 valence electrons. The van der Waals surface area contributed by atoms with Crippen molar-refractivity contribution in [3.8, 4) is 11.5 Å². The zero-order valence-corrected chi connectivity index (χ0v) is 11.7. The lowest BCUT2D eigenvalue weighted by Crippen LogP contribution is -2.12. The van der Waals surface area contributed by atoms with E-state index in [-0.39, 0.29) is 6.10 Å². The van der Waals surface area contributed by atoms with Crippen LogP contribution in [0, 0.1) is 0 Å². The standard InChI is InChI=1S/C16H19NO3/c1-18-14-5-3-4-6-15(14)20-11-16(19-2)12-7-9-13(17)10-8-12/h3-10,16H,11,17H2,1-2H3. The maximum atomic E-state index is 5.78.